The van der Waals surface area contributed by atoms with E-state index in [0.29, 0.717) is 15.6 Å². The fraction of sp³-hybridized carbons (Fsp3) is 0.105. The predicted octanol–water partition coefficient (Wildman–Crippen LogP) is 4.66. The number of aliphatic carboxylic acids is 1. The number of amides is 2. The fourth-order valence-corrected chi connectivity index (χ4v) is 5.20. The van der Waals surface area contributed by atoms with Gasteiger partial charge in [-0.2, -0.15) is 0 Å². The molecule has 12 heteroatoms. The molecule has 0 saturated carbocycles. The molecule has 9 nitrogen and oxygen atoms in total. The topological polar surface area (TPSA) is 127 Å². The second-order valence-electron chi connectivity index (χ2n) is 6.18. The minimum atomic E-state index is -1.16. The van der Waals surface area contributed by atoms with Crippen molar-refractivity contribution in [3.63, 3.8) is 0 Å². The molecule has 160 valence electrons. The zero-order valence-electron chi connectivity index (χ0n) is 15.4. The van der Waals surface area contributed by atoms with Gasteiger partial charge >= 0.3 is 5.97 Å². The zero-order valence-corrected chi connectivity index (χ0v) is 20.0. The summed E-state index contributed by atoms with van der Waals surface area (Å²) in [6.45, 7) is -0.684. The van der Waals surface area contributed by atoms with Crippen LogP contribution in [0.2, 0.25) is 0 Å². The molecule has 31 heavy (non-hydrogen) atoms. The average molecular weight is 619 g/mol. The van der Waals surface area contributed by atoms with Crippen molar-refractivity contribution in [2.24, 2.45) is 0 Å². The summed E-state index contributed by atoms with van der Waals surface area (Å²) in [5, 5.41) is 19.3. The van der Waals surface area contributed by atoms with Crippen molar-refractivity contribution in [3.05, 3.63) is 70.6 Å². The highest BCUT2D eigenvalue weighted by Gasteiger charge is 2.35. The van der Waals surface area contributed by atoms with Crippen molar-refractivity contribution in [3.8, 4) is 5.75 Å². The van der Waals surface area contributed by atoms with E-state index in [-0.39, 0.29) is 22.9 Å². The lowest BCUT2D eigenvalue weighted by Crippen LogP contribution is -2.27. The van der Waals surface area contributed by atoms with E-state index in [1.807, 2.05) is 0 Å². The monoisotopic (exact) mass is 618 g/mol. The van der Waals surface area contributed by atoms with Crippen molar-refractivity contribution in [1.29, 1.82) is 0 Å². The molecule has 1 saturated heterocycles. The van der Waals surface area contributed by atoms with Crippen molar-refractivity contribution >= 4 is 79.2 Å². The number of thioether (sulfide) groups is 1. The van der Waals surface area contributed by atoms with Gasteiger partial charge in [0.05, 0.1) is 20.8 Å². The van der Waals surface area contributed by atoms with Crippen LogP contribution >= 0.6 is 50.3 Å². The fourth-order valence-electron chi connectivity index (χ4n) is 2.70. The summed E-state index contributed by atoms with van der Waals surface area (Å²) >= 11 is 6.11. The van der Waals surface area contributed by atoms with Crippen LogP contribution in [0.5, 0.6) is 5.75 Å². The number of nitro benzene ring substituents is 1. The van der Waals surface area contributed by atoms with E-state index in [0.717, 1.165) is 20.2 Å². The molecule has 2 aromatic rings. The van der Waals surface area contributed by atoms with Crippen molar-refractivity contribution < 1.29 is 29.2 Å². The van der Waals surface area contributed by atoms with Gasteiger partial charge < -0.3 is 9.84 Å². The molecule has 1 aliphatic rings. The molecule has 2 aromatic carbocycles. The maximum Gasteiger partial charge on any atom is 0.341 e. The highest BCUT2D eigenvalue weighted by molar-refractivity contribution is 14.1. The van der Waals surface area contributed by atoms with Gasteiger partial charge in [-0.1, -0.05) is 12.1 Å². The predicted molar refractivity (Wildman–Crippen MR) is 125 cm³/mol. The number of carboxylic acid groups (broad SMARTS) is 1. The van der Waals surface area contributed by atoms with Crippen LogP contribution in [0.3, 0.4) is 0 Å². The summed E-state index contributed by atoms with van der Waals surface area (Å²) in [7, 11) is 0. The van der Waals surface area contributed by atoms with E-state index in [2.05, 4.69) is 38.5 Å². The van der Waals surface area contributed by atoms with Crippen LogP contribution in [0.25, 0.3) is 6.08 Å². The van der Waals surface area contributed by atoms with Gasteiger partial charge in [0, 0.05) is 21.3 Å². The lowest BCUT2D eigenvalue weighted by molar-refractivity contribution is -0.384. The molecule has 0 radical (unpaired) electrons. The molecule has 1 aliphatic heterocycles. The van der Waals surface area contributed by atoms with Gasteiger partial charge in [-0.25, -0.2) is 4.79 Å². The number of carbonyl (C=O) groups is 3. The molecule has 1 fully saturated rings. The van der Waals surface area contributed by atoms with Gasteiger partial charge in [-0.3, -0.25) is 24.6 Å². The summed E-state index contributed by atoms with van der Waals surface area (Å²) in [5.41, 5.74) is 0.741. The minimum absolute atomic E-state index is 0.109. The van der Waals surface area contributed by atoms with E-state index in [9.17, 15) is 24.5 Å². The van der Waals surface area contributed by atoms with Crippen LogP contribution in [-0.4, -0.2) is 38.7 Å². The first-order valence-electron chi connectivity index (χ1n) is 8.48. The van der Waals surface area contributed by atoms with Crippen LogP contribution in [0.1, 0.15) is 11.1 Å². The molecule has 0 aromatic heterocycles. The molecule has 0 aliphatic carbocycles. The number of ether oxygens (including phenoxy) is 1. The first-order chi connectivity index (χ1) is 14.7. The second kappa shape index (κ2) is 9.78. The first-order valence-corrected chi connectivity index (χ1v) is 11.2. The number of benzene rings is 2. The largest absolute Gasteiger partial charge is 0.480 e. The standard InChI is InChI=1S/C19H12BrIN2O7S/c20-14-7-12(21)5-11(17(14)30-9-16(24)25)6-15-18(26)22(19(27)31-15)8-10-2-1-3-13(4-10)23(28)29/h1-7H,8-9H2,(H,24,25)/b15-6-. The molecule has 1 N–H and O–H groups in total. The number of hydrogen-bond donors (Lipinski definition) is 1. The van der Waals surface area contributed by atoms with Crippen LogP contribution in [0.4, 0.5) is 10.5 Å². The van der Waals surface area contributed by atoms with Crippen LogP contribution in [0, 0.1) is 13.7 Å². The molecule has 2 amide bonds. The molecular weight excluding hydrogens is 607 g/mol. The molecule has 3 rings (SSSR count). The Balaban J connectivity index is 1.89. The maximum absolute atomic E-state index is 12.8. The lowest BCUT2D eigenvalue weighted by Gasteiger charge is -2.13. The third-order valence-electron chi connectivity index (χ3n) is 4.00. The number of imide groups is 1. The van der Waals surface area contributed by atoms with Gasteiger partial charge in [-0.15, -0.1) is 0 Å². The van der Waals surface area contributed by atoms with Gasteiger partial charge in [0.15, 0.2) is 6.61 Å². The van der Waals surface area contributed by atoms with E-state index >= 15 is 0 Å². The number of rotatable bonds is 7. The first kappa shape index (κ1) is 23.2. The Labute approximate surface area is 201 Å². The van der Waals surface area contributed by atoms with Gasteiger partial charge in [0.25, 0.3) is 16.8 Å². The zero-order chi connectivity index (χ0) is 22.7. The third-order valence-corrected chi connectivity index (χ3v) is 6.12. The number of halogens is 2. The van der Waals surface area contributed by atoms with Gasteiger partial charge in [0.2, 0.25) is 0 Å². The van der Waals surface area contributed by atoms with Crippen LogP contribution in [-0.2, 0) is 16.1 Å². The van der Waals surface area contributed by atoms with Crippen LogP contribution in [0.15, 0.2) is 45.8 Å². The normalized spacial score (nSPS) is 14.9. The van der Waals surface area contributed by atoms with Crippen LogP contribution < -0.4 is 4.74 Å². The summed E-state index contributed by atoms with van der Waals surface area (Å²) in [6, 6.07) is 9.12. The highest BCUT2D eigenvalue weighted by atomic mass is 127. The Morgan fingerprint density at radius 3 is 2.74 bits per heavy atom. The minimum Gasteiger partial charge on any atom is -0.480 e. The Kier molecular flexibility index (Phi) is 7.33. The lowest BCUT2D eigenvalue weighted by atomic mass is 10.1. The molecule has 0 spiro atoms. The molecule has 1 heterocycles. The summed E-state index contributed by atoms with van der Waals surface area (Å²) in [5.74, 6) is -1.48. The Bertz CT molecular complexity index is 1140. The van der Waals surface area contributed by atoms with E-state index < -0.39 is 28.6 Å². The second-order valence-corrected chi connectivity index (χ2v) is 9.28. The summed E-state index contributed by atoms with van der Waals surface area (Å²) in [6.07, 6.45) is 1.46. The maximum atomic E-state index is 12.8. The molecule has 0 atom stereocenters. The number of carboxylic acids is 1. The van der Waals surface area contributed by atoms with E-state index in [1.54, 1.807) is 18.2 Å². The molecule has 0 bridgehead atoms. The number of carbonyl (C=O) groups excluding carboxylic acids is 2. The Morgan fingerprint density at radius 1 is 1.32 bits per heavy atom. The highest BCUT2D eigenvalue weighted by Crippen LogP contribution is 2.38. The molecular formula is C19H12BrIN2O7S. The van der Waals surface area contributed by atoms with E-state index in [4.69, 9.17) is 9.84 Å². The average Bonchev–Trinajstić information content (AvgIpc) is 2.94. The Hall–Kier alpha value is -2.45. The summed E-state index contributed by atoms with van der Waals surface area (Å²) < 4.78 is 6.64. The SMILES string of the molecule is O=C(O)COc1c(Br)cc(I)cc1/C=C1\SC(=O)N(Cc2cccc([N+](=O)[O-])c2)C1=O. The summed E-state index contributed by atoms with van der Waals surface area (Å²) in [4.78, 5) is 47.6. The number of hydrogen-bond acceptors (Lipinski definition) is 7. The van der Waals surface area contributed by atoms with E-state index in [1.165, 1.54) is 24.3 Å². The quantitative estimate of drug-likeness (QED) is 0.205. The van der Waals surface area contributed by atoms with Crippen molar-refractivity contribution in [2.45, 2.75) is 6.54 Å². The Morgan fingerprint density at radius 2 is 2.06 bits per heavy atom. The van der Waals surface area contributed by atoms with Gasteiger partial charge in [-0.05, 0) is 74.1 Å². The van der Waals surface area contributed by atoms with Crippen molar-refractivity contribution in [2.75, 3.05) is 6.61 Å². The van der Waals surface area contributed by atoms with Gasteiger partial charge in [0.1, 0.15) is 5.75 Å². The number of non-ortho nitro benzene ring substituents is 1. The smallest absolute Gasteiger partial charge is 0.341 e. The third kappa shape index (κ3) is 5.62. The number of nitro groups is 1. The number of nitrogens with zero attached hydrogens (tertiary/aromatic N) is 2. The molecule has 0 unspecified atom stereocenters. The van der Waals surface area contributed by atoms with Crippen molar-refractivity contribution in [1.82, 2.24) is 4.90 Å².